The Balaban J connectivity index is 1.64. The van der Waals surface area contributed by atoms with Crippen LogP contribution in [0.3, 0.4) is 0 Å². The van der Waals surface area contributed by atoms with Gasteiger partial charge in [0.05, 0.1) is 0 Å². The normalized spacial score (nSPS) is 11.8. The van der Waals surface area contributed by atoms with Crippen LogP contribution in [0, 0.1) is 5.82 Å². The van der Waals surface area contributed by atoms with Crippen molar-refractivity contribution in [3.63, 3.8) is 0 Å². The second-order valence-corrected chi connectivity index (χ2v) is 5.97. The van der Waals surface area contributed by atoms with Crippen molar-refractivity contribution in [2.24, 2.45) is 0 Å². The molecule has 3 aromatic carbocycles. The quantitative estimate of drug-likeness (QED) is 0.656. The second-order valence-electron chi connectivity index (χ2n) is 5.97. The Kier molecular flexibility index (Phi) is 5.29. The predicted molar refractivity (Wildman–Crippen MR) is 98.3 cm³/mol. The Hall–Kier alpha value is -3.18. The number of nitrogens with one attached hydrogen (secondary N) is 1. The van der Waals surface area contributed by atoms with Crippen LogP contribution in [0.5, 0.6) is 5.75 Å². The number of anilines is 1. The first-order valence-corrected chi connectivity index (χ1v) is 8.14. The SMILES string of the molecule is O=C(Nc1ccc(-c2cccc(O)c2)cc1)[C@@H](O)Cc1cccc(F)c1. The van der Waals surface area contributed by atoms with Gasteiger partial charge < -0.3 is 15.5 Å². The maximum Gasteiger partial charge on any atom is 0.253 e. The van der Waals surface area contributed by atoms with E-state index in [4.69, 9.17) is 0 Å². The average Bonchev–Trinajstić information content (AvgIpc) is 2.62. The van der Waals surface area contributed by atoms with E-state index < -0.39 is 17.8 Å². The van der Waals surface area contributed by atoms with Gasteiger partial charge in [0, 0.05) is 12.1 Å². The number of halogens is 1. The number of hydrogen-bond acceptors (Lipinski definition) is 3. The lowest BCUT2D eigenvalue weighted by molar-refractivity contribution is -0.123. The molecule has 0 heterocycles. The molecular formula is C21H18FNO3. The molecule has 1 atom stereocenters. The highest BCUT2D eigenvalue weighted by atomic mass is 19.1. The van der Waals surface area contributed by atoms with Gasteiger partial charge in [0.25, 0.3) is 5.91 Å². The minimum absolute atomic E-state index is 0.0327. The highest BCUT2D eigenvalue weighted by Crippen LogP contribution is 2.24. The number of amides is 1. The number of carbonyl (C=O) groups is 1. The van der Waals surface area contributed by atoms with Gasteiger partial charge in [-0.1, -0.05) is 36.4 Å². The summed E-state index contributed by atoms with van der Waals surface area (Å²) in [6.07, 6.45) is -1.24. The summed E-state index contributed by atoms with van der Waals surface area (Å²) in [6, 6.07) is 19.7. The second kappa shape index (κ2) is 7.80. The molecule has 3 N–H and O–H groups in total. The number of hydrogen-bond donors (Lipinski definition) is 3. The Morgan fingerprint density at radius 1 is 0.962 bits per heavy atom. The van der Waals surface area contributed by atoms with Crippen LogP contribution in [-0.4, -0.2) is 22.2 Å². The lowest BCUT2D eigenvalue weighted by Crippen LogP contribution is -2.29. The summed E-state index contributed by atoms with van der Waals surface area (Å²) in [6.45, 7) is 0. The standard InChI is InChI=1S/C21H18FNO3/c22-17-5-1-3-14(11-17)12-20(25)21(26)23-18-9-7-15(8-10-18)16-4-2-6-19(24)13-16/h1-11,13,20,24-25H,12H2,(H,23,26)/t20-/m0/s1. The Bertz CT molecular complexity index is 909. The lowest BCUT2D eigenvalue weighted by atomic mass is 10.0. The molecule has 0 aliphatic carbocycles. The molecule has 1 amide bonds. The molecule has 0 bridgehead atoms. The highest BCUT2D eigenvalue weighted by molar-refractivity contribution is 5.94. The maximum absolute atomic E-state index is 13.2. The van der Waals surface area contributed by atoms with Gasteiger partial charge in [0.15, 0.2) is 0 Å². The van der Waals surface area contributed by atoms with Crippen LogP contribution >= 0.6 is 0 Å². The van der Waals surface area contributed by atoms with Crippen LogP contribution in [0.2, 0.25) is 0 Å². The molecule has 0 radical (unpaired) electrons. The van der Waals surface area contributed by atoms with Crippen molar-refractivity contribution < 1.29 is 19.4 Å². The molecule has 0 aliphatic rings. The van der Waals surface area contributed by atoms with E-state index in [0.717, 1.165) is 11.1 Å². The molecule has 0 spiro atoms. The van der Waals surface area contributed by atoms with E-state index in [1.165, 1.54) is 18.2 Å². The first kappa shape index (κ1) is 17.6. The van der Waals surface area contributed by atoms with Crippen molar-refractivity contribution >= 4 is 11.6 Å². The van der Waals surface area contributed by atoms with Gasteiger partial charge in [-0.3, -0.25) is 4.79 Å². The van der Waals surface area contributed by atoms with Crippen molar-refractivity contribution in [1.29, 1.82) is 0 Å². The molecule has 3 rings (SSSR count). The van der Waals surface area contributed by atoms with E-state index >= 15 is 0 Å². The zero-order valence-electron chi connectivity index (χ0n) is 13.9. The predicted octanol–water partition coefficient (Wildman–Crippen LogP) is 3.74. The fraction of sp³-hybridized carbons (Fsp3) is 0.0952. The van der Waals surface area contributed by atoms with Crippen LogP contribution < -0.4 is 5.32 Å². The van der Waals surface area contributed by atoms with E-state index in [2.05, 4.69) is 5.32 Å². The first-order valence-electron chi connectivity index (χ1n) is 8.14. The molecular weight excluding hydrogens is 333 g/mol. The lowest BCUT2D eigenvalue weighted by Gasteiger charge is -2.12. The van der Waals surface area contributed by atoms with E-state index in [9.17, 15) is 19.4 Å². The number of aliphatic hydroxyl groups excluding tert-OH is 1. The molecule has 0 aliphatic heterocycles. The van der Waals surface area contributed by atoms with Gasteiger partial charge >= 0.3 is 0 Å². The summed E-state index contributed by atoms with van der Waals surface area (Å²) in [4.78, 5) is 12.1. The number of aromatic hydroxyl groups is 1. The molecule has 0 fully saturated rings. The van der Waals surface area contributed by atoms with Gasteiger partial charge in [0.1, 0.15) is 17.7 Å². The first-order chi connectivity index (χ1) is 12.5. The third kappa shape index (κ3) is 4.46. The Labute approximate surface area is 150 Å². The van der Waals surface area contributed by atoms with Crippen molar-refractivity contribution in [3.05, 3.63) is 84.2 Å². The summed E-state index contributed by atoms with van der Waals surface area (Å²) < 4.78 is 13.2. The van der Waals surface area contributed by atoms with E-state index in [-0.39, 0.29) is 12.2 Å². The minimum atomic E-state index is -1.28. The number of phenols is 1. The molecule has 5 heteroatoms. The average molecular weight is 351 g/mol. The van der Waals surface area contributed by atoms with E-state index in [0.29, 0.717) is 11.3 Å². The fourth-order valence-electron chi connectivity index (χ4n) is 2.64. The van der Waals surface area contributed by atoms with Gasteiger partial charge in [0.2, 0.25) is 0 Å². The van der Waals surface area contributed by atoms with Crippen LogP contribution in [0.15, 0.2) is 72.8 Å². The molecule has 0 saturated heterocycles. The Morgan fingerprint density at radius 2 is 1.69 bits per heavy atom. The van der Waals surface area contributed by atoms with Crippen molar-refractivity contribution in [2.75, 3.05) is 5.32 Å². The molecule has 0 aromatic heterocycles. The van der Waals surface area contributed by atoms with Crippen molar-refractivity contribution in [2.45, 2.75) is 12.5 Å². The van der Waals surface area contributed by atoms with Crippen molar-refractivity contribution in [3.8, 4) is 16.9 Å². The molecule has 3 aromatic rings. The monoisotopic (exact) mass is 351 g/mol. The largest absolute Gasteiger partial charge is 0.508 e. The number of aliphatic hydroxyl groups is 1. The molecule has 4 nitrogen and oxygen atoms in total. The minimum Gasteiger partial charge on any atom is -0.508 e. The van der Waals surface area contributed by atoms with Gasteiger partial charge in [-0.05, 0) is 53.1 Å². The summed E-state index contributed by atoms with van der Waals surface area (Å²) in [7, 11) is 0. The maximum atomic E-state index is 13.2. The molecule has 132 valence electrons. The molecule has 0 unspecified atom stereocenters. The van der Waals surface area contributed by atoms with Crippen molar-refractivity contribution in [1.82, 2.24) is 0 Å². The summed E-state index contributed by atoms with van der Waals surface area (Å²) >= 11 is 0. The third-order valence-corrected chi connectivity index (χ3v) is 3.95. The zero-order valence-corrected chi connectivity index (χ0v) is 13.9. The van der Waals surface area contributed by atoms with Crippen LogP contribution in [0.25, 0.3) is 11.1 Å². The van der Waals surface area contributed by atoms with Gasteiger partial charge in [-0.15, -0.1) is 0 Å². The molecule has 26 heavy (non-hydrogen) atoms. The smallest absolute Gasteiger partial charge is 0.253 e. The number of benzene rings is 3. The summed E-state index contributed by atoms with van der Waals surface area (Å²) in [5.41, 5.74) is 2.83. The molecule has 0 saturated carbocycles. The van der Waals surface area contributed by atoms with E-state index in [1.807, 2.05) is 18.2 Å². The highest BCUT2D eigenvalue weighted by Gasteiger charge is 2.16. The van der Waals surface area contributed by atoms with Crippen LogP contribution in [-0.2, 0) is 11.2 Å². The number of phenolic OH excluding ortho intramolecular Hbond substituents is 1. The van der Waals surface area contributed by atoms with Crippen LogP contribution in [0.1, 0.15) is 5.56 Å². The Morgan fingerprint density at radius 3 is 2.38 bits per heavy atom. The van der Waals surface area contributed by atoms with Crippen LogP contribution in [0.4, 0.5) is 10.1 Å². The summed E-state index contributed by atoms with van der Waals surface area (Å²) in [5, 5.41) is 22.2. The summed E-state index contributed by atoms with van der Waals surface area (Å²) in [5.74, 6) is -0.780. The zero-order chi connectivity index (χ0) is 18.5. The van der Waals surface area contributed by atoms with Gasteiger partial charge in [-0.25, -0.2) is 4.39 Å². The topological polar surface area (TPSA) is 69.6 Å². The van der Waals surface area contributed by atoms with E-state index in [1.54, 1.807) is 36.4 Å². The third-order valence-electron chi connectivity index (χ3n) is 3.95. The number of rotatable bonds is 5. The van der Waals surface area contributed by atoms with Gasteiger partial charge in [-0.2, -0.15) is 0 Å². The number of carbonyl (C=O) groups excluding carboxylic acids is 1. The fourth-order valence-corrected chi connectivity index (χ4v) is 2.64.